The highest BCUT2D eigenvalue weighted by molar-refractivity contribution is 5.99. The average molecular weight is 373 g/mol. The number of nitrogens with one attached hydrogen (secondary N) is 1. The van der Waals surface area contributed by atoms with E-state index in [-0.39, 0.29) is 36.1 Å². The highest BCUT2D eigenvalue weighted by Crippen LogP contribution is 2.33. The molecule has 2 fully saturated rings. The normalized spacial score (nSPS) is 23.1. The molecule has 1 N–H and O–H groups in total. The second kappa shape index (κ2) is 8.41. The Morgan fingerprint density at radius 3 is 2.48 bits per heavy atom. The Hall–Kier alpha value is -2.57. The van der Waals surface area contributed by atoms with E-state index in [0.717, 1.165) is 24.9 Å². The summed E-state index contributed by atoms with van der Waals surface area (Å²) in [7, 11) is 3.18. The molecule has 7 heteroatoms. The van der Waals surface area contributed by atoms with Crippen molar-refractivity contribution >= 4 is 23.4 Å². The number of methoxy groups -OCH3 is 1. The maximum absolute atomic E-state index is 13.0. The van der Waals surface area contributed by atoms with Crippen LogP contribution in [-0.2, 0) is 14.4 Å². The van der Waals surface area contributed by atoms with E-state index in [9.17, 15) is 14.4 Å². The van der Waals surface area contributed by atoms with Crippen molar-refractivity contribution in [2.75, 3.05) is 38.7 Å². The fourth-order valence-electron chi connectivity index (χ4n) is 4.13. The van der Waals surface area contributed by atoms with Crippen LogP contribution in [0.3, 0.4) is 0 Å². The molecule has 1 aromatic rings. The molecule has 0 spiro atoms. The van der Waals surface area contributed by atoms with Crippen LogP contribution in [0.1, 0.15) is 25.7 Å². The number of amides is 3. The van der Waals surface area contributed by atoms with Crippen LogP contribution in [-0.4, -0.2) is 56.4 Å². The van der Waals surface area contributed by atoms with Gasteiger partial charge in [0, 0.05) is 32.0 Å². The summed E-state index contributed by atoms with van der Waals surface area (Å²) in [6, 6.07) is 7.38. The van der Waals surface area contributed by atoms with Gasteiger partial charge in [-0.15, -0.1) is 0 Å². The lowest BCUT2D eigenvalue weighted by Crippen LogP contribution is -2.55. The zero-order chi connectivity index (χ0) is 19.4. The van der Waals surface area contributed by atoms with E-state index >= 15 is 0 Å². The summed E-state index contributed by atoms with van der Waals surface area (Å²) in [5, 5.41) is 2.67. The number of ether oxygens (including phenoxy) is 1. The minimum atomic E-state index is -0.329. The minimum Gasteiger partial charge on any atom is -0.495 e. The second-order valence-electron chi connectivity index (χ2n) is 7.09. The average Bonchev–Trinajstić information content (AvgIpc) is 2.72. The first-order valence-electron chi connectivity index (χ1n) is 9.50. The van der Waals surface area contributed by atoms with Crippen molar-refractivity contribution in [1.82, 2.24) is 10.2 Å². The molecule has 3 amide bonds. The SMILES string of the molecule is CNC(=O)[C@@H]1CCCC[C@@H]1C(=O)N1CCN(c2ccccc2OC)C(=O)C1. The topological polar surface area (TPSA) is 79.0 Å². The fraction of sp³-hybridized carbons (Fsp3) is 0.550. The predicted octanol–water partition coefficient (Wildman–Crippen LogP) is 1.42. The summed E-state index contributed by atoms with van der Waals surface area (Å²) in [6.07, 6.45) is 3.34. The van der Waals surface area contributed by atoms with E-state index < -0.39 is 0 Å². The first kappa shape index (κ1) is 19.2. The Morgan fingerprint density at radius 2 is 1.81 bits per heavy atom. The Kier molecular flexibility index (Phi) is 5.98. The lowest BCUT2D eigenvalue weighted by Gasteiger charge is -2.38. The van der Waals surface area contributed by atoms with Crippen molar-refractivity contribution in [3.8, 4) is 5.75 Å². The van der Waals surface area contributed by atoms with Gasteiger partial charge in [-0.05, 0) is 25.0 Å². The molecule has 3 rings (SSSR count). The van der Waals surface area contributed by atoms with Crippen LogP contribution in [0.5, 0.6) is 5.75 Å². The van der Waals surface area contributed by atoms with Gasteiger partial charge in [0.05, 0.1) is 12.8 Å². The lowest BCUT2D eigenvalue weighted by atomic mass is 9.77. The molecule has 27 heavy (non-hydrogen) atoms. The third kappa shape index (κ3) is 3.91. The van der Waals surface area contributed by atoms with Gasteiger partial charge in [-0.25, -0.2) is 0 Å². The summed E-state index contributed by atoms with van der Waals surface area (Å²) in [6.45, 7) is 0.912. The fourth-order valence-corrected chi connectivity index (χ4v) is 4.13. The number of carbonyl (C=O) groups excluding carboxylic acids is 3. The third-order valence-corrected chi connectivity index (χ3v) is 5.57. The van der Waals surface area contributed by atoms with Crippen molar-refractivity contribution in [3.63, 3.8) is 0 Å². The smallest absolute Gasteiger partial charge is 0.246 e. The van der Waals surface area contributed by atoms with Gasteiger partial charge in [-0.3, -0.25) is 14.4 Å². The number of anilines is 1. The molecule has 1 saturated heterocycles. The maximum Gasteiger partial charge on any atom is 0.246 e. The van der Waals surface area contributed by atoms with E-state index in [2.05, 4.69) is 5.32 Å². The molecule has 1 heterocycles. The first-order valence-corrected chi connectivity index (χ1v) is 9.50. The number of nitrogens with zero attached hydrogens (tertiary/aromatic N) is 2. The number of carbonyl (C=O) groups is 3. The Balaban J connectivity index is 1.71. The standard InChI is InChI=1S/C20H27N3O4/c1-21-19(25)14-7-3-4-8-15(14)20(26)22-11-12-23(18(24)13-22)16-9-5-6-10-17(16)27-2/h5-6,9-10,14-15H,3-4,7-8,11-13H2,1-2H3,(H,21,25)/t14-,15+/m1/s1. The second-order valence-corrected chi connectivity index (χ2v) is 7.09. The van der Waals surface area contributed by atoms with Crippen LogP contribution in [0, 0.1) is 11.8 Å². The summed E-state index contributed by atoms with van der Waals surface area (Å²) < 4.78 is 5.35. The zero-order valence-corrected chi connectivity index (χ0v) is 15.9. The predicted molar refractivity (Wildman–Crippen MR) is 101 cm³/mol. The molecule has 1 aliphatic heterocycles. The molecule has 1 aromatic carbocycles. The van der Waals surface area contributed by atoms with Crippen molar-refractivity contribution in [1.29, 1.82) is 0 Å². The lowest BCUT2D eigenvalue weighted by molar-refractivity contribution is -0.146. The van der Waals surface area contributed by atoms with Crippen LogP contribution in [0.25, 0.3) is 0 Å². The van der Waals surface area contributed by atoms with Gasteiger partial charge in [0.2, 0.25) is 17.7 Å². The summed E-state index contributed by atoms with van der Waals surface area (Å²) in [5.41, 5.74) is 0.720. The van der Waals surface area contributed by atoms with Crippen molar-refractivity contribution < 1.29 is 19.1 Å². The maximum atomic E-state index is 13.0. The van der Waals surface area contributed by atoms with Crippen LogP contribution in [0.4, 0.5) is 5.69 Å². The van der Waals surface area contributed by atoms with Gasteiger partial charge in [-0.1, -0.05) is 25.0 Å². The molecular formula is C20H27N3O4. The molecule has 2 atom stereocenters. The van der Waals surface area contributed by atoms with Gasteiger partial charge in [0.1, 0.15) is 12.3 Å². The molecule has 0 aromatic heterocycles. The molecule has 146 valence electrons. The molecule has 7 nitrogen and oxygen atoms in total. The quantitative estimate of drug-likeness (QED) is 0.866. The highest BCUT2D eigenvalue weighted by atomic mass is 16.5. The number of rotatable bonds is 4. The van der Waals surface area contributed by atoms with E-state index in [1.165, 1.54) is 0 Å². The van der Waals surface area contributed by atoms with Gasteiger partial charge in [-0.2, -0.15) is 0 Å². The molecule has 1 saturated carbocycles. The van der Waals surface area contributed by atoms with Gasteiger partial charge >= 0.3 is 0 Å². The molecule has 0 radical (unpaired) electrons. The molecular weight excluding hydrogens is 346 g/mol. The van der Waals surface area contributed by atoms with Crippen molar-refractivity contribution in [2.24, 2.45) is 11.8 Å². The number of hydrogen-bond donors (Lipinski definition) is 1. The highest BCUT2D eigenvalue weighted by Gasteiger charge is 2.39. The van der Waals surface area contributed by atoms with Crippen LogP contribution in [0.15, 0.2) is 24.3 Å². The van der Waals surface area contributed by atoms with Gasteiger partial charge < -0.3 is 19.9 Å². The molecule has 2 aliphatic rings. The van der Waals surface area contributed by atoms with E-state index in [0.29, 0.717) is 25.3 Å². The Labute approximate surface area is 159 Å². The van der Waals surface area contributed by atoms with Crippen LogP contribution >= 0.6 is 0 Å². The zero-order valence-electron chi connectivity index (χ0n) is 15.9. The Bertz CT molecular complexity index is 721. The minimum absolute atomic E-state index is 0.0356. The number of para-hydroxylation sites is 2. The molecule has 0 unspecified atom stereocenters. The van der Waals surface area contributed by atoms with Crippen molar-refractivity contribution in [3.05, 3.63) is 24.3 Å². The molecule has 0 bridgehead atoms. The van der Waals surface area contributed by atoms with E-state index in [1.807, 2.05) is 24.3 Å². The summed E-state index contributed by atoms with van der Waals surface area (Å²) in [5.74, 6) is -0.268. The monoisotopic (exact) mass is 373 g/mol. The van der Waals surface area contributed by atoms with Gasteiger partial charge in [0.15, 0.2) is 0 Å². The largest absolute Gasteiger partial charge is 0.495 e. The number of benzene rings is 1. The Morgan fingerprint density at radius 1 is 1.11 bits per heavy atom. The first-order chi connectivity index (χ1) is 13.1. The van der Waals surface area contributed by atoms with Crippen LogP contribution < -0.4 is 15.0 Å². The third-order valence-electron chi connectivity index (χ3n) is 5.57. The van der Waals surface area contributed by atoms with E-state index in [1.54, 1.807) is 24.0 Å². The van der Waals surface area contributed by atoms with E-state index in [4.69, 9.17) is 4.74 Å². The number of piperazine rings is 1. The van der Waals surface area contributed by atoms with Crippen molar-refractivity contribution in [2.45, 2.75) is 25.7 Å². The number of hydrogen-bond acceptors (Lipinski definition) is 4. The van der Waals surface area contributed by atoms with Crippen LogP contribution in [0.2, 0.25) is 0 Å². The van der Waals surface area contributed by atoms with Gasteiger partial charge in [0.25, 0.3) is 0 Å². The molecule has 1 aliphatic carbocycles. The summed E-state index contributed by atoms with van der Waals surface area (Å²) >= 11 is 0. The summed E-state index contributed by atoms with van der Waals surface area (Å²) in [4.78, 5) is 41.2.